The highest BCUT2D eigenvalue weighted by Crippen LogP contribution is 2.29. The van der Waals surface area contributed by atoms with Crippen LogP contribution < -0.4 is 5.32 Å². The molecular weight excluding hydrogens is 341 g/mol. The number of aliphatic carboxylic acids is 1. The van der Waals surface area contributed by atoms with Crippen molar-refractivity contribution in [3.8, 4) is 0 Å². The highest BCUT2D eigenvalue weighted by molar-refractivity contribution is 5.94. The molecule has 7 nitrogen and oxygen atoms in total. The Kier molecular flexibility index (Phi) is 4.38. The van der Waals surface area contributed by atoms with Gasteiger partial charge in [-0.1, -0.05) is 0 Å². The highest BCUT2D eigenvalue weighted by atomic mass is 19.4. The van der Waals surface area contributed by atoms with Crippen molar-refractivity contribution in [2.45, 2.75) is 12.6 Å². The molecule has 2 heterocycles. The van der Waals surface area contributed by atoms with Crippen LogP contribution in [0.3, 0.4) is 0 Å². The number of imidazole rings is 1. The first kappa shape index (κ1) is 17.2. The molecule has 2 aromatic rings. The van der Waals surface area contributed by atoms with Crippen LogP contribution in [0.25, 0.3) is 11.0 Å². The first-order valence-corrected chi connectivity index (χ1v) is 7.54. The summed E-state index contributed by atoms with van der Waals surface area (Å²) < 4.78 is 37.9. The normalized spacial score (nSPS) is 18.6. The molecular formula is C15H15F3N4O3. The third-order valence-corrected chi connectivity index (χ3v) is 4.02. The second-order valence-corrected chi connectivity index (χ2v) is 5.92. The summed E-state index contributed by atoms with van der Waals surface area (Å²) in [7, 11) is 0. The molecule has 1 aromatic carbocycles. The van der Waals surface area contributed by atoms with Gasteiger partial charge in [-0.15, -0.1) is 0 Å². The first-order chi connectivity index (χ1) is 11.7. The number of aromatic nitrogens is 2. The summed E-state index contributed by atoms with van der Waals surface area (Å²) in [4.78, 5) is 30.3. The summed E-state index contributed by atoms with van der Waals surface area (Å²) in [6, 6.07) is 4.22. The van der Waals surface area contributed by atoms with E-state index in [1.54, 1.807) is 4.90 Å². The number of carbonyl (C=O) groups is 2. The minimum absolute atomic E-state index is 0.0264. The Labute approximate surface area is 139 Å². The van der Waals surface area contributed by atoms with Gasteiger partial charge in [-0.25, -0.2) is 4.98 Å². The molecule has 1 atom stereocenters. The topological polar surface area (TPSA) is 98.3 Å². The second-order valence-electron chi connectivity index (χ2n) is 5.92. The molecule has 1 aliphatic rings. The number of amides is 1. The predicted octanol–water partition coefficient (Wildman–Crippen LogP) is 1.93. The summed E-state index contributed by atoms with van der Waals surface area (Å²) in [5, 5.41) is 11.5. The van der Waals surface area contributed by atoms with Gasteiger partial charge >= 0.3 is 12.1 Å². The van der Waals surface area contributed by atoms with Gasteiger partial charge < -0.3 is 15.4 Å². The Balaban J connectivity index is 1.64. The minimum Gasteiger partial charge on any atom is -0.481 e. The molecule has 1 amide bonds. The van der Waals surface area contributed by atoms with Crippen molar-refractivity contribution >= 4 is 28.6 Å². The third-order valence-electron chi connectivity index (χ3n) is 4.02. The van der Waals surface area contributed by atoms with Crippen LogP contribution in [0.4, 0.5) is 18.9 Å². The molecule has 1 saturated heterocycles. The quantitative estimate of drug-likeness (QED) is 0.778. The van der Waals surface area contributed by atoms with Crippen molar-refractivity contribution in [1.82, 2.24) is 14.9 Å². The van der Waals surface area contributed by atoms with Crippen molar-refractivity contribution in [2.24, 2.45) is 5.92 Å². The molecule has 3 rings (SSSR count). The zero-order chi connectivity index (χ0) is 18.2. The Morgan fingerprint density at radius 2 is 2.16 bits per heavy atom. The molecule has 0 spiro atoms. The molecule has 134 valence electrons. The summed E-state index contributed by atoms with van der Waals surface area (Å²) in [6.45, 7) is 0.842. The maximum absolute atomic E-state index is 12.6. The van der Waals surface area contributed by atoms with E-state index in [9.17, 15) is 22.8 Å². The van der Waals surface area contributed by atoms with E-state index < -0.39 is 23.9 Å². The van der Waals surface area contributed by atoms with Crippen LogP contribution in [0.15, 0.2) is 18.2 Å². The van der Waals surface area contributed by atoms with Crippen LogP contribution in [0.5, 0.6) is 0 Å². The van der Waals surface area contributed by atoms with Crippen molar-refractivity contribution in [3.05, 3.63) is 24.0 Å². The zero-order valence-corrected chi connectivity index (χ0v) is 12.9. The van der Waals surface area contributed by atoms with E-state index in [2.05, 4.69) is 15.3 Å². The van der Waals surface area contributed by atoms with Crippen LogP contribution in [0.1, 0.15) is 12.2 Å². The van der Waals surface area contributed by atoms with Gasteiger partial charge in [0, 0.05) is 12.2 Å². The van der Waals surface area contributed by atoms with Gasteiger partial charge in [0.25, 0.3) is 0 Å². The van der Waals surface area contributed by atoms with Gasteiger partial charge in [-0.05, 0) is 31.2 Å². The minimum atomic E-state index is -4.57. The third kappa shape index (κ3) is 3.90. The number of benzene rings is 1. The molecule has 3 N–H and O–H groups in total. The van der Waals surface area contributed by atoms with E-state index in [4.69, 9.17) is 5.11 Å². The number of alkyl halides is 3. The van der Waals surface area contributed by atoms with E-state index in [-0.39, 0.29) is 23.5 Å². The molecule has 0 aliphatic carbocycles. The second kappa shape index (κ2) is 6.36. The van der Waals surface area contributed by atoms with Gasteiger partial charge in [0.05, 0.1) is 23.5 Å². The number of carboxylic acids is 1. The fourth-order valence-electron chi connectivity index (χ4n) is 2.80. The van der Waals surface area contributed by atoms with Gasteiger partial charge in [-0.3, -0.25) is 14.5 Å². The van der Waals surface area contributed by atoms with Crippen molar-refractivity contribution in [3.63, 3.8) is 0 Å². The predicted molar refractivity (Wildman–Crippen MR) is 81.9 cm³/mol. The Bertz CT molecular complexity index is 818. The summed E-state index contributed by atoms with van der Waals surface area (Å²) in [5.41, 5.74) is 0.648. The number of hydrogen-bond donors (Lipinski definition) is 3. The van der Waals surface area contributed by atoms with Crippen molar-refractivity contribution in [2.75, 3.05) is 25.0 Å². The fraction of sp³-hybridized carbons (Fsp3) is 0.400. The van der Waals surface area contributed by atoms with Gasteiger partial charge in [0.1, 0.15) is 0 Å². The number of halogens is 3. The monoisotopic (exact) mass is 356 g/mol. The number of fused-ring (bicyclic) bond motifs is 1. The highest BCUT2D eigenvalue weighted by Gasteiger charge is 2.34. The van der Waals surface area contributed by atoms with E-state index in [0.29, 0.717) is 25.2 Å². The molecule has 1 aliphatic heterocycles. The molecule has 25 heavy (non-hydrogen) atoms. The summed E-state index contributed by atoms with van der Waals surface area (Å²) >= 11 is 0. The maximum Gasteiger partial charge on any atom is 0.449 e. The largest absolute Gasteiger partial charge is 0.481 e. The smallest absolute Gasteiger partial charge is 0.449 e. The molecule has 0 radical (unpaired) electrons. The number of anilines is 1. The molecule has 1 fully saturated rings. The molecule has 10 heteroatoms. The number of likely N-dealkylation sites (tertiary alicyclic amines) is 1. The van der Waals surface area contributed by atoms with Crippen molar-refractivity contribution in [1.29, 1.82) is 0 Å². The summed E-state index contributed by atoms with van der Waals surface area (Å²) in [5.74, 6) is -2.81. The number of aromatic amines is 1. The zero-order valence-electron chi connectivity index (χ0n) is 12.9. The van der Waals surface area contributed by atoms with Gasteiger partial charge in [0.2, 0.25) is 11.7 Å². The number of carboxylic acid groups (broad SMARTS) is 1. The van der Waals surface area contributed by atoms with Crippen LogP contribution >= 0.6 is 0 Å². The molecule has 1 aromatic heterocycles. The van der Waals surface area contributed by atoms with E-state index in [1.165, 1.54) is 18.2 Å². The fourth-order valence-corrected chi connectivity index (χ4v) is 2.80. The number of nitrogens with one attached hydrogen (secondary N) is 2. The Hall–Kier alpha value is -2.62. The molecule has 0 saturated carbocycles. The number of rotatable bonds is 4. The van der Waals surface area contributed by atoms with Crippen LogP contribution in [0, 0.1) is 5.92 Å². The van der Waals surface area contributed by atoms with E-state index in [0.717, 1.165) is 0 Å². The van der Waals surface area contributed by atoms with Crippen LogP contribution in [-0.4, -0.2) is 51.5 Å². The van der Waals surface area contributed by atoms with Crippen LogP contribution in [-0.2, 0) is 15.8 Å². The molecule has 0 bridgehead atoms. The van der Waals surface area contributed by atoms with Crippen molar-refractivity contribution < 1.29 is 27.9 Å². The average molecular weight is 356 g/mol. The van der Waals surface area contributed by atoms with Crippen LogP contribution in [0.2, 0.25) is 0 Å². The SMILES string of the molecule is O=C(CN1CCC(C(=O)O)C1)Nc1ccc2nc(C(F)(F)F)[nH]c2c1. The number of H-pyrrole nitrogens is 1. The Morgan fingerprint density at radius 3 is 2.80 bits per heavy atom. The van der Waals surface area contributed by atoms with E-state index >= 15 is 0 Å². The lowest BCUT2D eigenvalue weighted by molar-refractivity contribution is -0.144. The lowest BCUT2D eigenvalue weighted by atomic mass is 10.1. The van der Waals surface area contributed by atoms with Gasteiger partial charge in [0.15, 0.2) is 0 Å². The lowest BCUT2D eigenvalue weighted by Crippen LogP contribution is -2.32. The number of hydrogen-bond acceptors (Lipinski definition) is 4. The van der Waals surface area contributed by atoms with E-state index in [1.807, 2.05) is 0 Å². The summed E-state index contributed by atoms with van der Waals surface area (Å²) in [6.07, 6.45) is -4.08. The average Bonchev–Trinajstić information content (AvgIpc) is 3.12. The molecule has 1 unspecified atom stereocenters. The standard InChI is InChI=1S/C15H15F3N4O3/c16-15(17,18)14-20-10-2-1-9(5-11(10)21-14)19-12(23)7-22-4-3-8(6-22)13(24)25/h1-2,5,8H,3-4,6-7H2,(H,19,23)(H,20,21)(H,24,25). The first-order valence-electron chi connectivity index (χ1n) is 7.54. The number of carbonyl (C=O) groups excluding carboxylic acids is 1. The lowest BCUT2D eigenvalue weighted by Gasteiger charge is -2.14. The Morgan fingerprint density at radius 1 is 1.40 bits per heavy atom. The van der Waals surface area contributed by atoms with Gasteiger partial charge in [-0.2, -0.15) is 13.2 Å². The number of nitrogens with zero attached hydrogens (tertiary/aromatic N) is 2. The maximum atomic E-state index is 12.6.